The molecule has 1 heterocycles. The molecule has 0 aliphatic carbocycles. The molecule has 0 saturated heterocycles. The summed E-state index contributed by atoms with van der Waals surface area (Å²) in [6, 6.07) is 16.3. The molecule has 3 aromatic rings. The molecule has 3 rings (SSSR count). The SMILES string of the molecule is O=C(NO)c1ccc(CSc2nccc(-c3ccc(Cl)cc3)n2)cc1. The van der Waals surface area contributed by atoms with Gasteiger partial charge in [-0.2, -0.15) is 0 Å². The molecule has 0 bridgehead atoms. The molecular weight excluding hydrogens is 358 g/mol. The quantitative estimate of drug-likeness (QED) is 0.304. The molecule has 0 fully saturated rings. The van der Waals surface area contributed by atoms with Crippen LogP contribution in [0.5, 0.6) is 0 Å². The number of thioether (sulfide) groups is 1. The molecule has 0 aliphatic rings. The lowest BCUT2D eigenvalue weighted by Gasteiger charge is -2.05. The van der Waals surface area contributed by atoms with Gasteiger partial charge in [0.25, 0.3) is 5.91 Å². The molecule has 5 nitrogen and oxygen atoms in total. The van der Waals surface area contributed by atoms with Crippen LogP contribution in [0.15, 0.2) is 66.0 Å². The van der Waals surface area contributed by atoms with Gasteiger partial charge in [0.05, 0.1) is 5.69 Å². The van der Waals surface area contributed by atoms with Crippen molar-refractivity contribution in [2.75, 3.05) is 0 Å². The van der Waals surface area contributed by atoms with Crippen molar-refractivity contribution in [3.63, 3.8) is 0 Å². The second-order valence-electron chi connectivity index (χ2n) is 5.16. The maximum atomic E-state index is 11.3. The Hall–Kier alpha value is -2.41. The van der Waals surface area contributed by atoms with Gasteiger partial charge in [0.1, 0.15) is 0 Å². The van der Waals surface area contributed by atoms with E-state index in [1.54, 1.807) is 23.8 Å². The third-order valence-corrected chi connectivity index (χ3v) is 4.64. The van der Waals surface area contributed by atoms with Crippen molar-refractivity contribution in [1.29, 1.82) is 0 Å². The largest absolute Gasteiger partial charge is 0.288 e. The minimum atomic E-state index is -0.529. The molecule has 0 unspecified atom stereocenters. The predicted molar refractivity (Wildman–Crippen MR) is 97.7 cm³/mol. The summed E-state index contributed by atoms with van der Waals surface area (Å²) in [5.74, 6) is 0.142. The Kier molecular flexibility index (Phi) is 5.65. The van der Waals surface area contributed by atoms with Crippen LogP contribution in [0.2, 0.25) is 5.02 Å². The van der Waals surface area contributed by atoms with E-state index in [0.717, 1.165) is 16.8 Å². The van der Waals surface area contributed by atoms with Crippen LogP contribution in [0.1, 0.15) is 15.9 Å². The van der Waals surface area contributed by atoms with Crippen molar-refractivity contribution in [2.24, 2.45) is 0 Å². The summed E-state index contributed by atoms with van der Waals surface area (Å²) in [6.45, 7) is 0. The molecule has 0 radical (unpaired) electrons. The summed E-state index contributed by atoms with van der Waals surface area (Å²) in [6.07, 6.45) is 1.73. The monoisotopic (exact) mass is 371 g/mol. The number of amides is 1. The number of hydrogen-bond donors (Lipinski definition) is 2. The van der Waals surface area contributed by atoms with Gasteiger partial charge in [-0.1, -0.05) is 47.6 Å². The average molecular weight is 372 g/mol. The first-order chi connectivity index (χ1) is 12.2. The van der Waals surface area contributed by atoms with Crippen LogP contribution < -0.4 is 5.48 Å². The number of hydroxylamine groups is 1. The summed E-state index contributed by atoms with van der Waals surface area (Å²) in [5, 5.41) is 9.97. The zero-order chi connectivity index (χ0) is 17.6. The van der Waals surface area contributed by atoms with Crippen molar-refractivity contribution < 1.29 is 10.0 Å². The van der Waals surface area contributed by atoms with Gasteiger partial charge in [0.2, 0.25) is 0 Å². The summed E-state index contributed by atoms with van der Waals surface area (Å²) >= 11 is 7.42. The first-order valence-electron chi connectivity index (χ1n) is 7.41. The van der Waals surface area contributed by atoms with E-state index in [0.29, 0.717) is 21.5 Å². The third kappa shape index (κ3) is 4.57. The van der Waals surface area contributed by atoms with Gasteiger partial charge in [-0.25, -0.2) is 15.4 Å². The molecule has 0 saturated carbocycles. The average Bonchev–Trinajstić information content (AvgIpc) is 2.67. The van der Waals surface area contributed by atoms with Gasteiger partial charge in [0, 0.05) is 28.1 Å². The Morgan fingerprint density at radius 1 is 1.08 bits per heavy atom. The van der Waals surface area contributed by atoms with Crippen LogP contribution >= 0.6 is 23.4 Å². The van der Waals surface area contributed by atoms with Crippen molar-refractivity contribution in [3.05, 3.63) is 76.9 Å². The predicted octanol–water partition coefficient (Wildman–Crippen LogP) is 4.21. The van der Waals surface area contributed by atoms with Gasteiger partial charge in [-0.05, 0) is 35.9 Å². The molecule has 2 aromatic carbocycles. The number of hydrogen-bond acceptors (Lipinski definition) is 5. The number of halogens is 1. The number of carbonyl (C=O) groups excluding carboxylic acids is 1. The maximum absolute atomic E-state index is 11.3. The van der Waals surface area contributed by atoms with Crippen LogP contribution in [0.25, 0.3) is 11.3 Å². The molecule has 0 atom stereocenters. The van der Waals surface area contributed by atoms with E-state index in [2.05, 4.69) is 9.97 Å². The first-order valence-corrected chi connectivity index (χ1v) is 8.77. The Labute approximate surface area is 154 Å². The van der Waals surface area contributed by atoms with Crippen LogP contribution in [0, 0.1) is 0 Å². The molecule has 0 aliphatic heterocycles. The standard InChI is InChI=1S/C18H14ClN3O2S/c19-15-7-5-13(6-8-15)16-9-10-20-18(21-16)25-11-12-1-3-14(4-2-12)17(23)22-24/h1-10,24H,11H2,(H,22,23). The fourth-order valence-electron chi connectivity index (χ4n) is 2.16. The van der Waals surface area contributed by atoms with E-state index in [-0.39, 0.29) is 0 Å². The van der Waals surface area contributed by atoms with E-state index in [1.807, 2.05) is 42.5 Å². The van der Waals surface area contributed by atoms with Crippen molar-refractivity contribution >= 4 is 29.3 Å². The number of rotatable bonds is 5. The molecule has 0 spiro atoms. The number of nitrogens with one attached hydrogen (secondary N) is 1. The lowest BCUT2D eigenvalue weighted by Crippen LogP contribution is -2.18. The van der Waals surface area contributed by atoms with Gasteiger partial charge in [-0.15, -0.1) is 0 Å². The second kappa shape index (κ2) is 8.11. The minimum Gasteiger partial charge on any atom is -0.288 e. The van der Waals surface area contributed by atoms with Gasteiger partial charge in [0.15, 0.2) is 5.16 Å². The normalized spacial score (nSPS) is 10.5. The Bertz CT molecular complexity index is 870. The summed E-state index contributed by atoms with van der Waals surface area (Å²) in [5.41, 5.74) is 4.86. The van der Waals surface area contributed by atoms with Crippen molar-refractivity contribution in [2.45, 2.75) is 10.9 Å². The van der Waals surface area contributed by atoms with E-state index in [1.165, 1.54) is 11.8 Å². The van der Waals surface area contributed by atoms with Crippen LogP contribution in [-0.4, -0.2) is 21.1 Å². The van der Waals surface area contributed by atoms with Crippen molar-refractivity contribution in [1.82, 2.24) is 15.4 Å². The topological polar surface area (TPSA) is 75.1 Å². The molecular formula is C18H14ClN3O2S. The highest BCUT2D eigenvalue weighted by Gasteiger charge is 2.06. The lowest BCUT2D eigenvalue weighted by molar-refractivity contribution is 0.0706. The Balaban J connectivity index is 1.68. The number of benzene rings is 2. The van der Waals surface area contributed by atoms with E-state index >= 15 is 0 Å². The van der Waals surface area contributed by atoms with Crippen LogP contribution in [-0.2, 0) is 5.75 Å². The molecule has 126 valence electrons. The second-order valence-corrected chi connectivity index (χ2v) is 6.54. The summed E-state index contributed by atoms with van der Waals surface area (Å²) in [7, 11) is 0. The van der Waals surface area contributed by atoms with Gasteiger partial charge in [-0.3, -0.25) is 10.0 Å². The highest BCUT2D eigenvalue weighted by atomic mass is 35.5. The Morgan fingerprint density at radius 2 is 1.80 bits per heavy atom. The van der Waals surface area contributed by atoms with Gasteiger partial charge < -0.3 is 0 Å². The maximum Gasteiger partial charge on any atom is 0.274 e. The van der Waals surface area contributed by atoms with E-state index in [4.69, 9.17) is 16.8 Å². The van der Waals surface area contributed by atoms with Gasteiger partial charge >= 0.3 is 0 Å². The fourth-order valence-corrected chi connectivity index (χ4v) is 3.07. The lowest BCUT2D eigenvalue weighted by atomic mass is 10.1. The highest BCUT2D eigenvalue weighted by molar-refractivity contribution is 7.98. The molecule has 1 amide bonds. The molecule has 7 heteroatoms. The number of aromatic nitrogens is 2. The molecule has 25 heavy (non-hydrogen) atoms. The zero-order valence-corrected chi connectivity index (χ0v) is 14.6. The van der Waals surface area contributed by atoms with Crippen LogP contribution in [0.3, 0.4) is 0 Å². The van der Waals surface area contributed by atoms with Crippen LogP contribution in [0.4, 0.5) is 0 Å². The molecule has 2 N–H and O–H groups in total. The number of nitrogens with zero attached hydrogens (tertiary/aromatic N) is 2. The third-order valence-electron chi connectivity index (χ3n) is 3.46. The zero-order valence-electron chi connectivity index (χ0n) is 13.0. The van der Waals surface area contributed by atoms with E-state index < -0.39 is 5.91 Å². The molecule has 1 aromatic heterocycles. The summed E-state index contributed by atoms with van der Waals surface area (Å²) < 4.78 is 0. The van der Waals surface area contributed by atoms with E-state index in [9.17, 15) is 4.79 Å². The fraction of sp³-hybridized carbons (Fsp3) is 0.0556. The minimum absolute atomic E-state index is 0.400. The smallest absolute Gasteiger partial charge is 0.274 e. The number of carbonyl (C=O) groups is 1. The summed E-state index contributed by atoms with van der Waals surface area (Å²) in [4.78, 5) is 20.1. The van der Waals surface area contributed by atoms with Crippen molar-refractivity contribution in [3.8, 4) is 11.3 Å². The highest BCUT2D eigenvalue weighted by Crippen LogP contribution is 2.24. The first kappa shape index (κ1) is 17.4. The Morgan fingerprint density at radius 3 is 2.48 bits per heavy atom.